The third-order valence-corrected chi connectivity index (χ3v) is 5.99. The summed E-state index contributed by atoms with van der Waals surface area (Å²) in [6, 6.07) is 15.3. The molecule has 33 heavy (non-hydrogen) atoms. The number of carbonyl (C=O) groups is 1. The maximum absolute atomic E-state index is 12.8. The van der Waals surface area contributed by atoms with Crippen molar-refractivity contribution in [3.63, 3.8) is 0 Å². The molecule has 0 aliphatic carbocycles. The van der Waals surface area contributed by atoms with Crippen LogP contribution in [0.15, 0.2) is 54.7 Å². The Bertz CT molecular complexity index is 1310. The fraction of sp³-hybridized carbons (Fsp3) is 0.240. The summed E-state index contributed by atoms with van der Waals surface area (Å²) in [6.07, 6.45) is 1.71. The van der Waals surface area contributed by atoms with Crippen LogP contribution in [-0.4, -0.2) is 25.5 Å². The van der Waals surface area contributed by atoms with Gasteiger partial charge in [0.1, 0.15) is 5.75 Å². The normalized spacial score (nSPS) is 10.9. The number of rotatable bonds is 7. The molecule has 0 fully saturated rings. The molecule has 0 atom stereocenters. The van der Waals surface area contributed by atoms with Crippen LogP contribution in [0.5, 0.6) is 5.75 Å². The predicted molar refractivity (Wildman–Crippen MR) is 129 cm³/mol. The van der Waals surface area contributed by atoms with E-state index in [0.29, 0.717) is 28.7 Å². The smallest absolute Gasteiger partial charge is 0.276 e. The SMILES string of the molecule is Cc1cc(OCn2ccc(C(=O)Nc3c(C)nn(Cc4ccccc4C)c3C)n2)ccc1Cl. The van der Waals surface area contributed by atoms with E-state index in [1.165, 1.54) is 11.1 Å². The van der Waals surface area contributed by atoms with E-state index in [9.17, 15) is 4.79 Å². The van der Waals surface area contributed by atoms with Gasteiger partial charge in [0.2, 0.25) is 0 Å². The topological polar surface area (TPSA) is 74.0 Å². The predicted octanol–water partition coefficient (Wildman–Crippen LogP) is 5.30. The largest absolute Gasteiger partial charge is 0.471 e. The summed E-state index contributed by atoms with van der Waals surface area (Å²) >= 11 is 6.05. The maximum Gasteiger partial charge on any atom is 0.276 e. The number of aryl methyl sites for hydroxylation is 3. The zero-order valence-corrected chi connectivity index (χ0v) is 19.8. The third-order valence-electron chi connectivity index (χ3n) is 5.57. The molecule has 170 valence electrons. The van der Waals surface area contributed by atoms with Gasteiger partial charge in [-0.1, -0.05) is 35.9 Å². The van der Waals surface area contributed by atoms with E-state index in [-0.39, 0.29) is 12.6 Å². The first-order valence-corrected chi connectivity index (χ1v) is 11.0. The van der Waals surface area contributed by atoms with E-state index in [2.05, 4.69) is 34.6 Å². The zero-order chi connectivity index (χ0) is 23.5. The average molecular weight is 464 g/mol. The molecule has 0 radical (unpaired) electrons. The summed E-state index contributed by atoms with van der Waals surface area (Å²) in [5, 5.41) is 12.6. The Morgan fingerprint density at radius 3 is 2.58 bits per heavy atom. The summed E-state index contributed by atoms with van der Waals surface area (Å²) < 4.78 is 9.22. The standard InChI is InChI=1S/C25H26ClN5O2/c1-16-7-5-6-8-20(16)14-31-19(4)24(18(3)28-31)27-25(32)23-11-12-30(29-23)15-33-21-9-10-22(26)17(2)13-21/h5-13H,14-15H2,1-4H3,(H,27,32). The monoisotopic (exact) mass is 463 g/mol. The summed E-state index contributed by atoms with van der Waals surface area (Å²) in [5.41, 5.74) is 5.99. The number of nitrogens with one attached hydrogen (secondary N) is 1. The number of carbonyl (C=O) groups excluding carboxylic acids is 1. The van der Waals surface area contributed by atoms with Gasteiger partial charge in [0, 0.05) is 11.2 Å². The quantitative estimate of drug-likeness (QED) is 0.403. The Kier molecular flexibility index (Phi) is 6.51. The molecule has 8 heteroatoms. The Hall–Kier alpha value is -3.58. The van der Waals surface area contributed by atoms with Crippen LogP contribution >= 0.6 is 11.6 Å². The lowest BCUT2D eigenvalue weighted by molar-refractivity contribution is 0.102. The molecule has 0 aliphatic rings. The van der Waals surface area contributed by atoms with Crippen molar-refractivity contribution >= 4 is 23.2 Å². The number of halogens is 1. The van der Waals surface area contributed by atoms with Crippen molar-refractivity contribution in [1.82, 2.24) is 19.6 Å². The van der Waals surface area contributed by atoms with Crippen LogP contribution in [0.1, 0.15) is 38.6 Å². The van der Waals surface area contributed by atoms with Crippen molar-refractivity contribution in [1.29, 1.82) is 0 Å². The first-order valence-electron chi connectivity index (χ1n) is 10.6. The minimum Gasteiger partial charge on any atom is -0.471 e. The molecule has 0 saturated heterocycles. The van der Waals surface area contributed by atoms with E-state index in [1.807, 2.05) is 43.7 Å². The van der Waals surface area contributed by atoms with Crippen molar-refractivity contribution in [3.8, 4) is 5.75 Å². The molecule has 2 heterocycles. The molecule has 0 saturated carbocycles. The third kappa shape index (κ3) is 5.09. The van der Waals surface area contributed by atoms with Crippen molar-refractivity contribution in [2.24, 2.45) is 0 Å². The molecule has 0 spiro atoms. The van der Waals surface area contributed by atoms with Gasteiger partial charge in [-0.05, 0) is 68.7 Å². The van der Waals surface area contributed by atoms with E-state index in [0.717, 1.165) is 17.0 Å². The first-order chi connectivity index (χ1) is 15.8. The minimum absolute atomic E-state index is 0.181. The summed E-state index contributed by atoms with van der Waals surface area (Å²) in [6.45, 7) is 8.66. The van der Waals surface area contributed by atoms with Crippen molar-refractivity contribution in [3.05, 3.63) is 93.5 Å². The number of benzene rings is 2. The average Bonchev–Trinajstić information content (AvgIpc) is 3.37. The summed E-state index contributed by atoms with van der Waals surface area (Å²) in [4.78, 5) is 12.8. The number of aromatic nitrogens is 4. The van der Waals surface area contributed by atoms with Gasteiger partial charge in [0.15, 0.2) is 12.4 Å². The number of hydrogen-bond donors (Lipinski definition) is 1. The van der Waals surface area contributed by atoms with Gasteiger partial charge in [-0.15, -0.1) is 0 Å². The van der Waals surface area contributed by atoms with Crippen LogP contribution in [0.3, 0.4) is 0 Å². The zero-order valence-electron chi connectivity index (χ0n) is 19.1. The number of nitrogens with zero attached hydrogens (tertiary/aromatic N) is 4. The molecule has 2 aromatic heterocycles. The van der Waals surface area contributed by atoms with Crippen LogP contribution < -0.4 is 10.1 Å². The second-order valence-electron chi connectivity index (χ2n) is 8.01. The molecule has 0 aliphatic heterocycles. The Morgan fingerprint density at radius 2 is 1.82 bits per heavy atom. The van der Waals surface area contributed by atoms with Crippen molar-refractivity contribution in [2.75, 3.05) is 5.32 Å². The Balaban J connectivity index is 1.42. The van der Waals surface area contributed by atoms with Crippen LogP contribution in [-0.2, 0) is 13.3 Å². The Morgan fingerprint density at radius 1 is 1.03 bits per heavy atom. The van der Waals surface area contributed by atoms with Gasteiger partial charge in [-0.3, -0.25) is 9.48 Å². The van der Waals surface area contributed by atoms with Gasteiger partial charge < -0.3 is 10.1 Å². The molecular formula is C25H26ClN5O2. The highest BCUT2D eigenvalue weighted by Gasteiger charge is 2.17. The molecule has 0 bridgehead atoms. The molecule has 0 unspecified atom stereocenters. The highest BCUT2D eigenvalue weighted by molar-refractivity contribution is 6.31. The highest BCUT2D eigenvalue weighted by atomic mass is 35.5. The summed E-state index contributed by atoms with van der Waals surface area (Å²) in [5.74, 6) is 0.392. The molecule has 1 amide bonds. The number of amides is 1. The molecule has 1 N–H and O–H groups in total. The fourth-order valence-corrected chi connectivity index (χ4v) is 3.68. The second kappa shape index (κ2) is 9.50. The molecular weight excluding hydrogens is 438 g/mol. The van der Waals surface area contributed by atoms with E-state index < -0.39 is 0 Å². The van der Waals surface area contributed by atoms with Gasteiger partial charge in [-0.2, -0.15) is 10.2 Å². The molecule has 4 rings (SSSR count). The van der Waals surface area contributed by atoms with Crippen LogP contribution in [0.2, 0.25) is 5.02 Å². The fourth-order valence-electron chi connectivity index (χ4n) is 3.56. The van der Waals surface area contributed by atoms with Crippen molar-refractivity contribution in [2.45, 2.75) is 41.0 Å². The van der Waals surface area contributed by atoms with Gasteiger partial charge >= 0.3 is 0 Å². The van der Waals surface area contributed by atoms with E-state index in [1.54, 1.807) is 29.1 Å². The van der Waals surface area contributed by atoms with E-state index >= 15 is 0 Å². The van der Waals surface area contributed by atoms with Gasteiger partial charge in [0.05, 0.1) is 23.6 Å². The lowest BCUT2D eigenvalue weighted by Crippen LogP contribution is -2.15. The Labute approximate surface area is 197 Å². The first kappa shape index (κ1) is 22.6. The lowest BCUT2D eigenvalue weighted by atomic mass is 10.1. The van der Waals surface area contributed by atoms with Gasteiger partial charge in [0.25, 0.3) is 5.91 Å². The molecule has 4 aromatic rings. The lowest BCUT2D eigenvalue weighted by Gasteiger charge is -2.09. The second-order valence-corrected chi connectivity index (χ2v) is 8.42. The van der Waals surface area contributed by atoms with E-state index in [4.69, 9.17) is 16.3 Å². The van der Waals surface area contributed by atoms with Crippen molar-refractivity contribution < 1.29 is 9.53 Å². The van der Waals surface area contributed by atoms with Crippen LogP contribution in [0.25, 0.3) is 0 Å². The minimum atomic E-state index is -0.294. The molecule has 2 aromatic carbocycles. The van der Waals surface area contributed by atoms with Crippen LogP contribution in [0, 0.1) is 27.7 Å². The maximum atomic E-state index is 12.8. The molecule has 7 nitrogen and oxygen atoms in total. The number of anilines is 1. The van der Waals surface area contributed by atoms with Crippen LogP contribution in [0.4, 0.5) is 5.69 Å². The number of hydrogen-bond acceptors (Lipinski definition) is 4. The summed E-state index contributed by atoms with van der Waals surface area (Å²) in [7, 11) is 0. The number of ether oxygens (including phenoxy) is 1. The highest BCUT2D eigenvalue weighted by Crippen LogP contribution is 2.23. The van der Waals surface area contributed by atoms with Gasteiger partial charge in [-0.25, -0.2) is 4.68 Å².